The number of fused-ring (bicyclic) bond motifs is 1. The third-order valence-electron chi connectivity index (χ3n) is 4.63. The molecule has 1 aliphatic rings. The standard InChI is InChI=1S/C19H18F4N2O/c1-2-18(26)25-17-5-3-4-12-14(9-24-10-15(12)17)13-7-6-11(8-16(13)20)19(21,22)23/h6-10,17H,2-5H2,1H3,(H,25,26). The van der Waals surface area contributed by atoms with Crippen molar-refractivity contribution in [3.8, 4) is 11.1 Å². The highest BCUT2D eigenvalue weighted by molar-refractivity contribution is 5.76. The third kappa shape index (κ3) is 3.57. The largest absolute Gasteiger partial charge is 0.416 e. The molecule has 1 aliphatic carbocycles. The Morgan fingerprint density at radius 2 is 2.04 bits per heavy atom. The van der Waals surface area contributed by atoms with Crippen molar-refractivity contribution in [3.05, 3.63) is 53.1 Å². The van der Waals surface area contributed by atoms with Crippen LogP contribution in [0.3, 0.4) is 0 Å². The molecule has 0 bridgehead atoms. The van der Waals surface area contributed by atoms with Gasteiger partial charge in [0, 0.05) is 29.9 Å². The summed E-state index contributed by atoms with van der Waals surface area (Å²) in [4.78, 5) is 15.9. The highest BCUT2D eigenvalue weighted by atomic mass is 19.4. The van der Waals surface area contributed by atoms with Crippen molar-refractivity contribution in [1.82, 2.24) is 10.3 Å². The minimum atomic E-state index is -4.59. The molecule has 0 spiro atoms. The Bertz CT molecular complexity index is 833. The van der Waals surface area contributed by atoms with Gasteiger partial charge in [-0.2, -0.15) is 13.2 Å². The number of aromatic nitrogens is 1. The molecule has 2 aromatic rings. The molecule has 1 amide bonds. The molecule has 0 saturated carbocycles. The summed E-state index contributed by atoms with van der Waals surface area (Å²) in [7, 11) is 0. The highest BCUT2D eigenvalue weighted by Gasteiger charge is 2.32. The number of pyridine rings is 1. The minimum Gasteiger partial charge on any atom is -0.349 e. The number of hydrogen-bond donors (Lipinski definition) is 1. The summed E-state index contributed by atoms with van der Waals surface area (Å²) in [6.07, 6.45) is 1.07. The zero-order chi connectivity index (χ0) is 18.9. The van der Waals surface area contributed by atoms with E-state index in [0.29, 0.717) is 24.5 Å². The topological polar surface area (TPSA) is 42.0 Å². The van der Waals surface area contributed by atoms with Crippen LogP contribution >= 0.6 is 0 Å². The smallest absolute Gasteiger partial charge is 0.349 e. The van der Waals surface area contributed by atoms with Gasteiger partial charge in [-0.3, -0.25) is 9.78 Å². The number of alkyl halides is 3. The van der Waals surface area contributed by atoms with Gasteiger partial charge in [-0.05, 0) is 42.5 Å². The van der Waals surface area contributed by atoms with Crippen LogP contribution in [-0.4, -0.2) is 10.9 Å². The molecule has 3 nitrogen and oxygen atoms in total. The van der Waals surface area contributed by atoms with E-state index in [4.69, 9.17) is 0 Å². The Morgan fingerprint density at radius 3 is 2.69 bits per heavy atom. The van der Waals surface area contributed by atoms with Gasteiger partial charge >= 0.3 is 6.18 Å². The predicted molar refractivity (Wildman–Crippen MR) is 88.7 cm³/mol. The molecule has 138 valence electrons. The molecule has 1 atom stereocenters. The van der Waals surface area contributed by atoms with E-state index in [1.165, 1.54) is 6.20 Å². The van der Waals surface area contributed by atoms with Crippen molar-refractivity contribution in [2.75, 3.05) is 0 Å². The fraction of sp³-hybridized carbons (Fsp3) is 0.368. The molecule has 1 unspecified atom stereocenters. The fourth-order valence-electron chi connectivity index (χ4n) is 3.31. The van der Waals surface area contributed by atoms with E-state index in [1.807, 2.05) is 0 Å². The van der Waals surface area contributed by atoms with Crippen LogP contribution in [0, 0.1) is 5.82 Å². The van der Waals surface area contributed by atoms with Crippen molar-refractivity contribution < 1.29 is 22.4 Å². The van der Waals surface area contributed by atoms with E-state index in [0.717, 1.165) is 36.1 Å². The first kappa shape index (κ1) is 18.4. The molecule has 26 heavy (non-hydrogen) atoms. The lowest BCUT2D eigenvalue weighted by Gasteiger charge is -2.27. The van der Waals surface area contributed by atoms with Gasteiger partial charge in [0.2, 0.25) is 5.91 Å². The van der Waals surface area contributed by atoms with Crippen molar-refractivity contribution >= 4 is 5.91 Å². The third-order valence-corrected chi connectivity index (χ3v) is 4.63. The maximum atomic E-state index is 14.4. The number of rotatable bonds is 3. The quantitative estimate of drug-likeness (QED) is 0.792. The summed E-state index contributed by atoms with van der Waals surface area (Å²) in [5.41, 5.74) is 1.17. The Labute approximate surface area is 148 Å². The molecule has 7 heteroatoms. The maximum Gasteiger partial charge on any atom is 0.416 e. The monoisotopic (exact) mass is 366 g/mol. The van der Waals surface area contributed by atoms with Gasteiger partial charge in [0.25, 0.3) is 0 Å². The molecular weight excluding hydrogens is 348 g/mol. The fourth-order valence-corrected chi connectivity index (χ4v) is 3.31. The van der Waals surface area contributed by atoms with Crippen LogP contribution < -0.4 is 5.32 Å². The Balaban J connectivity index is 2.03. The molecule has 1 heterocycles. The van der Waals surface area contributed by atoms with E-state index >= 15 is 0 Å². The summed E-state index contributed by atoms with van der Waals surface area (Å²) in [5, 5.41) is 2.93. The molecule has 0 aliphatic heterocycles. The van der Waals surface area contributed by atoms with Crippen LogP contribution in [-0.2, 0) is 17.4 Å². The molecule has 1 aromatic carbocycles. The average molecular weight is 366 g/mol. The number of benzene rings is 1. The van der Waals surface area contributed by atoms with Crippen molar-refractivity contribution in [2.45, 2.75) is 44.8 Å². The molecule has 3 rings (SSSR count). The summed E-state index contributed by atoms with van der Waals surface area (Å²) >= 11 is 0. The van der Waals surface area contributed by atoms with E-state index < -0.39 is 17.6 Å². The van der Waals surface area contributed by atoms with Gasteiger partial charge < -0.3 is 5.32 Å². The summed E-state index contributed by atoms with van der Waals surface area (Å²) in [6.45, 7) is 1.76. The lowest BCUT2D eigenvalue weighted by atomic mass is 9.84. The van der Waals surface area contributed by atoms with Gasteiger partial charge in [-0.25, -0.2) is 4.39 Å². The normalized spacial score (nSPS) is 16.9. The second-order valence-corrected chi connectivity index (χ2v) is 6.31. The molecular formula is C19H18F4N2O. The van der Waals surface area contributed by atoms with E-state index in [1.54, 1.807) is 13.1 Å². The second kappa shape index (κ2) is 7.05. The number of carbonyl (C=O) groups excluding carboxylic acids is 1. The number of nitrogens with one attached hydrogen (secondary N) is 1. The Hall–Kier alpha value is -2.44. The van der Waals surface area contributed by atoms with Gasteiger partial charge in [0.1, 0.15) is 5.82 Å². The highest BCUT2D eigenvalue weighted by Crippen LogP contribution is 2.38. The van der Waals surface area contributed by atoms with E-state index in [9.17, 15) is 22.4 Å². The molecule has 1 aromatic heterocycles. The summed E-state index contributed by atoms with van der Waals surface area (Å²) in [5.74, 6) is -1.02. The predicted octanol–water partition coefficient (Wildman–Crippen LogP) is 4.81. The van der Waals surface area contributed by atoms with Gasteiger partial charge in [0.05, 0.1) is 11.6 Å². The van der Waals surface area contributed by atoms with Crippen molar-refractivity contribution in [3.63, 3.8) is 0 Å². The molecule has 0 fully saturated rings. The summed E-state index contributed by atoms with van der Waals surface area (Å²) < 4.78 is 52.7. The zero-order valence-electron chi connectivity index (χ0n) is 14.2. The van der Waals surface area contributed by atoms with Crippen LogP contribution in [0.4, 0.5) is 17.6 Å². The Morgan fingerprint density at radius 1 is 1.27 bits per heavy atom. The molecule has 0 saturated heterocycles. The number of halogens is 4. The van der Waals surface area contributed by atoms with Crippen LogP contribution in [0.5, 0.6) is 0 Å². The number of nitrogens with zero attached hydrogens (tertiary/aromatic N) is 1. The first-order valence-corrected chi connectivity index (χ1v) is 8.44. The minimum absolute atomic E-state index is 0.0878. The molecule has 1 N–H and O–H groups in total. The Kier molecular flexibility index (Phi) is 4.98. The van der Waals surface area contributed by atoms with Gasteiger partial charge in [0.15, 0.2) is 0 Å². The first-order chi connectivity index (χ1) is 12.3. The van der Waals surface area contributed by atoms with Gasteiger partial charge in [-0.1, -0.05) is 13.0 Å². The number of hydrogen-bond acceptors (Lipinski definition) is 2. The first-order valence-electron chi connectivity index (χ1n) is 8.44. The average Bonchev–Trinajstić information content (AvgIpc) is 2.60. The lowest BCUT2D eigenvalue weighted by Crippen LogP contribution is -2.30. The lowest BCUT2D eigenvalue weighted by molar-refractivity contribution is -0.137. The van der Waals surface area contributed by atoms with Crippen LogP contribution in [0.1, 0.15) is 48.9 Å². The number of amides is 1. The SMILES string of the molecule is CCC(=O)NC1CCCc2c(-c3ccc(C(F)(F)F)cc3F)cncc21. The maximum absolute atomic E-state index is 14.4. The van der Waals surface area contributed by atoms with Crippen LogP contribution in [0.2, 0.25) is 0 Å². The van der Waals surface area contributed by atoms with Gasteiger partial charge in [-0.15, -0.1) is 0 Å². The second-order valence-electron chi connectivity index (χ2n) is 6.31. The zero-order valence-corrected chi connectivity index (χ0v) is 14.2. The summed E-state index contributed by atoms with van der Waals surface area (Å²) in [6, 6.07) is 2.31. The van der Waals surface area contributed by atoms with Crippen LogP contribution in [0.25, 0.3) is 11.1 Å². The van der Waals surface area contributed by atoms with E-state index in [2.05, 4.69) is 10.3 Å². The van der Waals surface area contributed by atoms with Crippen molar-refractivity contribution in [2.24, 2.45) is 0 Å². The molecule has 0 radical (unpaired) electrons. The number of carbonyl (C=O) groups is 1. The van der Waals surface area contributed by atoms with E-state index in [-0.39, 0.29) is 17.5 Å². The van der Waals surface area contributed by atoms with Crippen molar-refractivity contribution in [1.29, 1.82) is 0 Å². The van der Waals surface area contributed by atoms with Crippen LogP contribution in [0.15, 0.2) is 30.6 Å².